The van der Waals surface area contributed by atoms with Crippen molar-refractivity contribution < 1.29 is 18.3 Å². The van der Waals surface area contributed by atoms with E-state index in [1.807, 2.05) is 42.5 Å². The molecule has 7 heteroatoms. The fourth-order valence-electron chi connectivity index (χ4n) is 2.65. The maximum atomic E-state index is 11.9. The molecule has 122 valence electrons. The Balaban J connectivity index is 1.62. The van der Waals surface area contributed by atoms with Crippen molar-refractivity contribution in [1.29, 1.82) is 0 Å². The van der Waals surface area contributed by atoms with Crippen molar-refractivity contribution in [1.82, 2.24) is 10.0 Å². The molecule has 1 fully saturated rings. The van der Waals surface area contributed by atoms with Crippen LogP contribution in [0.3, 0.4) is 0 Å². The number of rotatable bonds is 4. The number of aliphatic hydroxyl groups is 1. The molecular formula is C16H18N2O4S. The van der Waals surface area contributed by atoms with Crippen molar-refractivity contribution >= 4 is 26.7 Å². The summed E-state index contributed by atoms with van der Waals surface area (Å²) < 4.78 is 24.9. The highest BCUT2D eigenvalue weighted by atomic mass is 32.2. The second-order valence-corrected chi connectivity index (χ2v) is 7.52. The fraction of sp³-hybridized carbons (Fsp3) is 0.312. The number of nitrogens with one attached hydrogen (secondary N) is 2. The van der Waals surface area contributed by atoms with Crippen LogP contribution in [-0.4, -0.2) is 37.8 Å². The van der Waals surface area contributed by atoms with E-state index in [-0.39, 0.29) is 18.7 Å². The zero-order valence-corrected chi connectivity index (χ0v) is 13.2. The number of benzene rings is 2. The first kappa shape index (κ1) is 15.9. The predicted octanol–water partition coefficient (Wildman–Crippen LogP) is 0.681. The van der Waals surface area contributed by atoms with Crippen LogP contribution in [0.4, 0.5) is 0 Å². The Morgan fingerprint density at radius 1 is 1.26 bits per heavy atom. The van der Waals surface area contributed by atoms with Crippen molar-refractivity contribution in [3.8, 4) is 0 Å². The van der Waals surface area contributed by atoms with E-state index in [1.54, 1.807) is 0 Å². The normalized spacial score (nSPS) is 21.2. The summed E-state index contributed by atoms with van der Waals surface area (Å²) in [5, 5.41) is 14.9. The summed E-state index contributed by atoms with van der Waals surface area (Å²) in [6.45, 7) is 0.0371. The Hall–Kier alpha value is -1.96. The molecule has 1 heterocycles. The third-order valence-electron chi connectivity index (χ3n) is 3.94. The Labute approximate surface area is 134 Å². The summed E-state index contributed by atoms with van der Waals surface area (Å²) in [7, 11) is -3.33. The van der Waals surface area contributed by atoms with Gasteiger partial charge in [-0.1, -0.05) is 36.4 Å². The lowest BCUT2D eigenvalue weighted by molar-refractivity contribution is -0.123. The lowest BCUT2D eigenvalue weighted by Gasteiger charge is -2.15. The third kappa shape index (κ3) is 3.69. The molecular weight excluding hydrogens is 316 g/mol. The minimum atomic E-state index is -3.33. The minimum Gasteiger partial charge on any atom is -0.387 e. The topological polar surface area (TPSA) is 95.5 Å². The van der Waals surface area contributed by atoms with Gasteiger partial charge in [-0.05, 0) is 28.8 Å². The molecule has 2 unspecified atom stereocenters. The summed E-state index contributed by atoms with van der Waals surface area (Å²) in [6.07, 6.45) is -0.596. The standard InChI is InChI=1S/C16H18N2O4S/c19-15(10-17-16(20)14-7-8-23(21,22)18-14)13-6-5-11-3-1-2-4-12(11)9-13/h1-6,9,14-15,18-19H,7-8,10H2,(H,17,20). The summed E-state index contributed by atoms with van der Waals surface area (Å²) in [6, 6.07) is 12.7. The van der Waals surface area contributed by atoms with Gasteiger partial charge in [0.15, 0.2) is 0 Å². The Kier molecular flexibility index (Phi) is 4.34. The van der Waals surface area contributed by atoms with E-state index >= 15 is 0 Å². The van der Waals surface area contributed by atoms with Crippen LogP contribution in [-0.2, 0) is 14.8 Å². The number of sulfonamides is 1. The molecule has 0 aromatic heterocycles. The molecule has 3 N–H and O–H groups in total. The summed E-state index contributed by atoms with van der Waals surface area (Å²) in [5.41, 5.74) is 0.705. The van der Waals surface area contributed by atoms with Gasteiger partial charge in [-0.15, -0.1) is 0 Å². The first-order valence-corrected chi connectivity index (χ1v) is 9.04. The number of amides is 1. The highest BCUT2D eigenvalue weighted by Crippen LogP contribution is 2.20. The summed E-state index contributed by atoms with van der Waals surface area (Å²) >= 11 is 0. The van der Waals surface area contributed by atoms with Crippen LogP contribution in [0.2, 0.25) is 0 Å². The molecule has 23 heavy (non-hydrogen) atoms. The van der Waals surface area contributed by atoms with Gasteiger partial charge in [0.25, 0.3) is 0 Å². The number of aliphatic hydroxyl groups excluding tert-OH is 1. The quantitative estimate of drug-likeness (QED) is 0.766. The van der Waals surface area contributed by atoms with E-state index in [9.17, 15) is 18.3 Å². The molecule has 0 radical (unpaired) electrons. The lowest BCUT2D eigenvalue weighted by Crippen LogP contribution is -2.42. The summed E-state index contributed by atoms with van der Waals surface area (Å²) in [5.74, 6) is -0.455. The van der Waals surface area contributed by atoms with Crippen molar-refractivity contribution in [3.05, 3.63) is 48.0 Å². The molecule has 2 atom stereocenters. The number of hydrogen-bond acceptors (Lipinski definition) is 4. The van der Waals surface area contributed by atoms with E-state index in [4.69, 9.17) is 0 Å². The van der Waals surface area contributed by atoms with Crippen LogP contribution >= 0.6 is 0 Å². The van der Waals surface area contributed by atoms with Gasteiger partial charge in [-0.2, -0.15) is 0 Å². The number of fused-ring (bicyclic) bond motifs is 1. The zero-order valence-electron chi connectivity index (χ0n) is 12.4. The van der Waals surface area contributed by atoms with Crippen molar-refractivity contribution in [3.63, 3.8) is 0 Å². The van der Waals surface area contributed by atoms with Gasteiger partial charge in [-0.3, -0.25) is 4.79 Å². The first-order valence-electron chi connectivity index (χ1n) is 7.39. The Bertz CT molecular complexity index is 835. The monoisotopic (exact) mass is 334 g/mol. The van der Waals surface area contributed by atoms with Gasteiger partial charge < -0.3 is 10.4 Å². The van der Waals surface area contributed by atoms with Crippen LogP contribution in [0.1, 0.15) is 18.1 Å². The fourth-order valence-corrected chi connectivity index (χ4v) is 3.97. The minimum absolute atomic E-state index is 0.0371. The molecule has 0 aliphatic carbocycles. The summed E-state index contributed by atoms with van der Waals surface area (Å²) in [4.78, 5) is 11.9. The third-order valence-corrected chi connectivity index (χ3v) is 5.36. The predicted molar refractivity (Wildman–Crippen MR) is 87.2 cm³/mol. The van der Waals surface area contributed by atoms with Crippen LogP contribution in [0, 0.1) is 0 Å². The van der Waals surface area contributed by atoms with Crippen molar-refractivity contribution in [2.75, 3.05) is 12.3 Å². The Morgan fingerprint density at radius 3 is 2.70 bits per heavy atom. The van der Waals surface area contributed by atoms with Crippen molar-refractivity contribution in [2.45, 2.75) is 18.6 Å². The van der Waals surface area contributed by atoms with E-state index in [2.05, 4.69) is 10.0 Å². The second-order valence-electron chi connectivity index (χ2n) is 5.65. The lowest BCUT2D eigenvalue weighted by atomic mass is 10.0. The average molecular weight is 334 g/mol. The molecule has 1 amide bonds. The number of carbonyl (C=O) groups is 1. The number of hydrogen-bond donors (Lipinski definition) is 3. The molecule has 2 aromatic carbocycles. The highest BCUT2D eigenvalue weighted by molar-refractivity contribution is 7.89. The highest BCUT2D eigenvalue weighted by Gasteiger charge is 2.31. The second kappa shape index (κ2) is 6.27. The van der Waals surface area contributed by atoms with Crippen LogP contribution in [0.5, 0.6) is 0 Å². The van der Waals surface area contributed by atoms with Gasteiger partial charge in [0.2, 0.25) is 15.9 Å². The molecule has 3 rings (SSSR count). The SMILES string of the molecule is O=C(NCC(O)c1ccc2ccccc2c1)C1CCS(=O)(=O)N1. The molecule has 1 aliphatic rings. The van der Waals surface area contributed by atoms with Gasteiger partial charge in [-0.25, -0.2) is 13.1 Å². The van der Waals surface area contributed by atoms with Gasteiger partial charge in [0, 0.05) is 6.54 Å². The molecule has 0 spiro atoms. The first-order chi connectivity index (χ1) is 10.9. The van der Waals surface area contributed by atoms with E-state index in [0.29, 0.717) is 5.56 Å². The smallest absolute Gasteiger partial charge is 0.238 e. The molecule has 6 nitrogen and oxygen atoms in total. The van der Waals surface area contributed by atoms with Gasteiger partial charge in [0.1, 0.15) is 6.04 Å². The van der Waals surface area contributed by atoms with E-state index < -0.39 is 28.1 Å². The van der Waals surface area contributed by atoms with E-state index in [0.717, 1.165) is 10.8 Å². The van der Waals surface area contributed by atoms with Gasteiger partial charge in [0.05, 0.1) is 11.9 Å². The van der Waals surface area contributed by atoms with E-state index in [1.165, 1.54) is 0 Å². The largest absolute Gasteiger partial charge is 0.387 e. The molecule has 2 aromatic rings. The van der Waals surface area contributed by atoms with Crippen LogP contribution in [0.25, 0.3) is 10.8 Å². The maximum absolute atomic E-state index is 11.9. The van der Waals surface area contributed by atoms with Gasteiger partial charge >= 0.3 is 0 Å². The maximum Gasteiger partial charge on any atom is 0.238 e. The molecule has 1 aliphatic heterocycles. The molecule has 0 bridgehead atoms. The molecule has 1 saturated heterocycles. The number of carbonyl (C=O) groups excluding carboxylic acids is 1. The van der Waals surface area contributed by atoms with Crippen molar-refractivity contribution in [2.24, 2.45) is 0 Å². The van der Waals surface area contributed by atoms with Crippen LogP contribution < -0.4 is 10.0 Å². The Morgan fingerprint density at radius 2 is 2.00 bits per heavy atom. The van der Waals surface area contributed by atoms with Crippen LogP contribution in [0.15, 0.2) is 42.5 Å². The average Bonchev–Trinajstić information content (AvgIpc) is 2.92. The molecule has 0 saturated carbocycles. The zero-order chi connectivity index (χ0) is 16.4.